The van der Waals surface area contributed by atoms with Gasteiger partial charge in [-0.3, -0.25) is 10.3 Å². The van der Waals surface area contributed by atoms with Gasteiger partial charge in [0.1, 0.15) is 23.4 Å². The summed E-state index contributed by atoms with van der Waals surface area (Å²) in [6.07, 6.45) is -3.38. The predicted octanol–water partition coefficient (Wildman–Crippen LogP) is 2.69. The summed E-state index contributed by atoms with van der Waals surface area (Å²) in [4.78, 5) is 17.2. The summed E-state index contributed by atoms with van der Waals surface area (Å²) in [5.41, 5.74) is 1.83. The van der Waals surface area contributed by atoms with E-state index < -0.39 is 47.7 Å². The van der Waals surface area contributed by atoms with Crippen molar-refractivity contribution in [3.8, 4) is 0 Å². The average molecular weight is 462 g/mol. The van der Waals surface area contributed by atoms with Gasteiger partial charge in [0.05, 0.1) is 12.2 Å². The zero-order chi connectivity index (χ0) is 24.1. The monoisotopic (exact) mass is 462 g/mol. The van der Waals surface area contributed by atoms with Gasteiger partial charge >= 0.3 is 12.2 Å². The Morgan fingerprint density at radius 1 is 1.38 bits per heavy atom. The molecule has 176 valence electrons. The summed E-state index contributed by atoms with van der Waals surface area (Å²) in [5.74, 6) is -1.35. The number of aromatic nitrogens is 1. The van der Waals surface area contributed by atoms with E-state index >= 15 is 4.39 Å². The maximum Gasteiger partial charge on any atom is 0.416 e. The smallest absolute Gasteiger partial charge is 0.393 e. The summed E-state index contributed by atoms with van der Waals surface area (Å²) in [6.45, 7) is 2.15. The zero-order valence-electron chi connectivity index (χ0n) is 16.9. The van der Waals surface area contributed by atoms with Gasteiger partial charge in [-0.2, -0.15) is 13.2 Å². The molecule has 2 heterocycles. The summed E-state index contributed by atoms with van der Waals surface area (Å²) >= 11 is 0. The Balaban J connectivity index is 2.02. The van der Waals surface area contributed by atoms with Crippen LogP contribution >= 0.6 is 0 Å². The van der Waals surface area contributed by atoms with Crippen molar-refractivity contribution < 1.29 is 37.0 Å². The highest BCUT2D eigenvalue weighted by atomic mass is 19.4. The third kappa shape index (κ3) is 6.04. The number of allylic oxidation sites excluding steroid dienone is 4. The molecule has 0 unspecified atom stereocenters. The number of piperidine rings is 1. The number of nitrogens with one attached hydrogen (secondary N) is 1. The van der Waals surface area contributed by atoms with Crippen LogP contribution in [0.2, 0.25) is 0 Å². The first-order valence-electron chi connectivity index (χ1n) is 9.48. The fourth-order valence-corrected chi connectivity index (χ4v) is 3.07. The maximum atomic E-state index is 15.3. The number of aliphatic hydroxyl groups excluding tert-OH is 2. The molecule has 7 nitrogen and oxygen atoms in total. The fraction of sp³-hybridized carbons (Fsp3) is 0.400. The molecule has 5 N–H and O–H groups in total. The van der Waals surface area contributed by atoms with Crippen molar-refractivity contribution in [2.24, 2.45) is 5.73 Å². The van der Waals surface area contributed by atoms with Crippen molar-refractivity contribution in [2.45, 2.75) is 30.8 Å². The van der Waals surface area contributed by atoms with Gasteiger partial charge in [0.2, 0.25) is 0 Å². The Kier molecular flexibility index (Phi) is 7.97. The lowest BCUT2D eigenvalue weighted by Gasteiger charge is -2.36. The first-order valence-corrected chi connectivity index (χ1v) is 9.48. The number of likely N-dealkylation sites (tertiary alicyclic amines) is 1. The Labute approximate surface area is 180 Å². The molecule has 1 atom stereocenters. The molecule has 0 aromatic carbocycles. The van der Waals surface area contributed by atoms with Gasteiger partial charge in [0, 0.05) is 37.7 Å². The highest BCUT2D eigenvalue weighted by molar-refractivity contribution is 5.76. The molecule has 0 spiro atoms. The standard InChI is InChI=1S/C20H23F5N4O3/c1-2-13(20(23,24)25)3-4-16(26)28-18(32)29-7-5-19(22,6-8-29)17-14(21)9-12(10-27-17)15(31)11-30/h2-4,9-10,15,30-31H,1,5-8,11,26H2,(H,28,32)/b13-3+,16-4+/t15-/m1/s1. The van der Waals surface area contributed by atoms with Crippen LogP contribution in [0, 0.1) is 5.82 Å². The molecule has 2 amide bonds. The number of alkyl halides is 4. The normalized spacial score (nSPS) is 18.3. The molecule has 1 aliphatic heterocycles. The number of halogens is 5. The van der Waals surface area contributed by atoms with Crippen LogP contribution in [0.25, 0.3) is 0 Å². The molecule has 1 aliphatic rings. The first kappa shape index (κ1) is 25.3. The quantitative estimate of drug-likeness (QED) is 0.384. The van der Waals surface area contributed by atoms with Gasteiger partial charge in [-0.25, -0.2) is 13.6 Å². The molecular weight excluding hydrogens is 439 g/mol. The highest BCUT2D eigenvalue weighted by Gasteiger charge is 2.41. The van der Waals surface area contributed by atoms with E-state index in [1.807, 2.05) is 0 Å². The van der Waals surface area contributed by atoms with E-state index in [0.717, 1.165) is 18.3 Å². The Hall–Kier alpha value is -2.99. The molecule has 2 rings (SSSR count). The third-order valence-electron chi connectivity index (χ3n) is 4.93. The summed E-state index contributed by atoms with van der Waals surface area (Å²) < 4.78 is 67.6. The summed E-state index contributed by atoms with van der Waals surface area (Å²) in [5, 5.41) is 20.6. The summed E-state index contributed by atoms with van der Waals surface area (Å²) in [6, 6.07) is 0.136. The molecule has 0 aliphatic carbocycles. The lowest BCUT2D eigenvalue weighted by molar-refractivity contribution is -0.0881. The van der Waals surface area contributed by atoms with Crippen molar-refractivity contribution in [1.82, 2.24) is 15.2 Å². The van der Waals surface area contributed by atoms with Crippen molar-refractivity contribution in [3.63, 3.8) is 0 Å². The van der Waals surface area contributed by atoms with E-state index in [9.17, 15) is 27.5 Å². The number of carbonyl (C=O) groups is 1. The largest absolute Gasteiger partial charge is 0.416 e. The molecule has 32 heavy (non-hydrogen) atoms. The fourth-order valence-electron chi connectivity index (χ4n) is 3.07. The van der Waals surface area contributed by atoms with Gasteiger partial charge in [0.15, 0.2) is 5.67 Å². The minimum absolute atomic E-state index is 0.00406. The van der Waals surface area contributed by atoms with Crippen LogP contribution < -0.4 is 11.1 Å². The lowest BCUT2D eigenvalue weighted by Crippen LogP contribution is -2.48. The molecule has 1 aromatic heterocycles. The number of amides is 2. The van der Waals surface area contributed by atoms with E-state index in [2.05, 4.69) is 16.9 Å². The first-order chi connectivity index (χ1) is 14.9. The second kappa shape index (κ2) is 10.1. The minimum Gasteiger partial charge on any atom is -0.393 e. The van der Waals surface area contributed by atoms with Crippen LogP contribution in [0.4, 0.5) is 26.7 Å². The van der Waals surface area contributed by atoms with E-state index in [1.165, 1.54) is 4.90 Å². The molecule has 1 aromatic rings. The SMILES string of the molecule is C=C/C(=C\C=C(/N)NC(=O)N1CCC(F)(c2ncc([C@H](O)CO)cc2F)CC1)C(F)(F)F. The number of carbonyl (C=O) groups excluding carboxylic acids is 1. The highest BCUT2D eigenvalue weighted by Crippen LogP contribution is 2.37. The number of hydrogen-bond acceptors (Lipinski definition) is 5. The lowest BCUT2D eigenvalue weighted by atomic mass is 9.89. The summed E-state index contributed by atoms with van der Waals surface area (Å²) in [7, 11) is 0. The van der Waals surface area contributed by atoms with Crippen molar-refractivity contribution in [1.29, 1.82) is 0 Å². The van der Waals surface area contributed by atoms with E-state index in [-0.39, 0.29) is 37.3 Å². The number of pyridine rings is 1. The number of aliphatic hydroxyl groups is 2. The van der Waals surface area contributed by atoms with Crippen LogP contribution in [0.3, 0.4) is 0 Å². The van der Waals surface area contributed by atoms with Gasteiger partial charge in [-0.05, 0) is 18.2 Å². The van der Waals surface area contributed by atoms with Crippen LogP contribution in [0.15, 0.2) is 48.5 Å². The molecule has 0 bridgehead atoms. The van der Waals surface area contributed by atoms with Gasteiger partial charge in [-0.1, -0.05) is 12.7 Å². The Bertz CT molecular complexity index is 909. The van der Waals surface area contributed by atoms with Gasteiger partial charge < -0.3 is 20.8 Å². The van der Waals surface area contributed by atoms with E-state index in [1.54, 1.807) is 0 Å². The number of urea groups is 1. The van der Waals surface area contributed by atoms with E-state index in [4.69, 9.17) is 10.8 Å². The van der Waals surface area contributed by atoms with Crippen molar-refractivity contribution >= 4 is 6.03 Å². The maximum absolute atomic E-state index is 15.3. The molecule has 1 saturated heterocycles. The second-order valence-corrected chi connectivity index (χ2v) is 7.13. The van der Waals surface area contributed by atoms with Gasteiger partial charge in [0.25, 0.3) is 0 Å². The number of nitrogens with two attached hydrogens (primary N) is 1. The van der Waals surface area contributed by atoms with Gasteiger partial charge in [-0.15, -0.1) is 0 Å². The molecular formula is C20H23F5N4O3. The molecule has 1 fully saturated rings. The van der Waals surface area contributed by atoms with Crippen LogP contribution in [0.1, 0.15) is 30.2 Å². The molecule has 12 heteroatoms. The predicted molar refractivity (Wildman–Crippen MR) is 105 cm³/mol. The molecule has 0 radical (unpaired) electrons. The third-order valence-corrected chi connectivity index (χ3v) is 4.93. The number of nitrogens with zero attached hydrogens (tertiary/aromatic N) is 2. The van der Waals surface area contributed by atoms with Crippen molar-refractivity contribution in [3.05, 3.63) is 65.5 Å². The van der Waals surface area contributed by atoms with Crippen molar-refractivity contribution in [2.75, 3.05) is 19.7 Å². The average Bonchev–Trinajstić information content (AvgIpc) is 2.72. The second-order valence-electron chi connectivity index (χ2n) is 7.13. The Morgan fingerprint density at radius 2 is 2.00 bits per heavy atom. The molecule has 0 saturated carbocycles. The van der Waals surface area contributed by atoms with Crippen LogP contribution in [0.5, 0.6) is 0 Å². The Morgan fingerprint density at radius 3 is 2.50 bits per heavy atom. The topological polar surface area (TPSA) is 112 Å². The van der Waals surface area contributed by atoms with Crippen LogP contribution in [-0.2, 0) is 5.67 Å². The zero-order valence-corrected chi connectivity index (χ0v) is 16.9. The number of rotatable bonds is 6. The van der Waals surface area contributed by atoms with E-state index in [0.29, 0.717) is 12.2 Å². The number of hydrogen-bond donors (Lipinski definition) is 4. The van der Waals surface area contributed by atoms with Crippen LogP contribution in [-0.4, -0.2) is 52.0 Å². The minimum atomic E-state index is -4.63.